The molecule has 0 saturated carbocycles. The summed E-state index contributed by atoms with van der Waals surface area (Å²) in [5.74, 6) is -0.227. The maximum atomic E-state index is 11.4. The molecule has 0 aliphatic rings. The normalized spacial score (nSPS) is 10.5. The molecule has 0 atom stereocenters. The van der Waals surface area contributed by atoms with Crippen molar-refractivity contribution < 1.29 is 23.8 Å². The summed E-state index contributed by atoms with van der Waals surface area (Å²) in [6, 6.07) is 0. The maximum Gasteiger partial charge on any atom is 0.305 e. The van der Waals surface area contributed by atoms with Crippen molar-refractivity contribution in [1.82, 2.24) is 0 Å². The van der Waals surface area contributed by atoms with Gasteiger partial charge >= 0.3 is 11.9 Å². The Balaban J connectivity index is 3.22. The van der Waals surface area contributed by atoms with Crippen LogP contribution in [0.1, 0.15) is 71.6 Å². The van der Waals surface area contributed by atoms with Crippen LogP contribution >= 0.6 is 0 Å². The van der Waals surface area contributed by atoms with Crippen molar-refractivity contribution in [2.45, 2.75) is 71.6 Å². The van der Waals surface area contributed by atoms with Crippen LogP contribution in [-0.2, 0) is 23.8 Å². The van der Waals surface area contributed by atoms with Crippen LogP contribution in [-0.4, -0.2) is 38.4 Å². The van der Waals surface area contributed by atoms with E-state index in [1.54, 1.807) is 0 Å². The van der Waals surface area contributed by atoms with E-state index in [1.807, 2.05) is 13.8 Å². The molecule has 0 bridgehead atoms. The van der Waals surface area contributed by atoms with Crippen molar-refractivity contribution in [3.8, 4) is 0 Å². The van der Waals surface area contributed by atoms with Crippen LogP contribution in [0.5, 0.6) is 0 Å². The zero-order chi connectivity index (χ0) is 16.5. The molecule has 0 heterocycles. The van der Waals surface area contributed by atoms with Gasteiger partial charge < -0.3 is 14.2 Å². The summed E-state index contributed by atoms with van der Waals surface area (Å²) < 4.78 is 15.1. The lowest BCUT2D eigenvalue weighted by atomic mass is 10.1. The average molecular weight is 316 g/mol. The maximum absolute atomic E-state index is 11.4. The van der Waals surface area contributed by atoms with E-state index in [4.69, 9.17) is 14.2 Å². The zero-order valence-corrected chi connectivity index (χ0v) is 14.2. The Labute approximate surface area is 134 Å². The smallest absolute Gasteiger partial charge is 0.305 e. The molecule has 5 heteroatoms. The molecular formula is C17H32O5. The number of rotatable bonds is 15. The van der Waals surface area contributed by atoms with Gasteiger partial charge in [-0.1, -0.05) is 32.6 Å². The Kier molecular flexibility index (Phi) is 15.5. The lowest BCUT2D eigenvalue weighted by molar-refractivity contribution is -0.145. The third kappa shape index (κ3) is 15.3. The molecule has 22 heavy (non-hydrogen) atoms. The third-order valence-electron chi connectivity index (χ3n) is 3.17. The number of hydrogen-bond donors (Lipinski definition) is 0. The molecule has 0 aromatic heterocycles. The first-order valence-corrected chi connectivity index (χ1v) is 8.59. The Morgan fingerprint density at radius 3 is 1.68 bits per heavy atom. The fraction of sp³-hybridized carbons (Fsp3) is 0.882. The van der Waals surface area contributed by atoms with Gasteiger partial charge in [0, 0.05) is 19.4 Å². The molecule has 0 aliphatic carbocycles. The summed E-state index contributed by atoms with van der Waals surface area (Å²) in [5, 5.41) is 0. The standard InChI is InChI=1S/C17H32O5/c1-3-13-21-16(18)11-9-7-5-6-8-10-12-17(19)22-15-14-20-4-2/h3-15H2,1-2H3. The van der Waals surface area contributed by atoms with Crippen molar-refractivity contribution in [1.29, 1.82) is 0 Å². The highest BCUT2D eigenvalue weighted by Gasteiger charge is 2.03. The van der Waals surface area contributed by atoms with E-state index in [0.29, 0.717) is 39.3 Å². The SMILES string of the molecule is CCCOC(=O)CCCCCCCCC(=O)OCCOCC. The second kappa shape index (κ2) is 16.3. The third-order valence-corrected chi connectivity index (χ3v) is 3.17. The molecule has 0 rings (SSSR count). The van der Waals surface area contributed by atoms with Gasteiger partial charge in [-0.3, -0.25) is 9.59 Å². The summed E-state index contributed by atoms with van der Waals surface area (Å²) in [4.78, 5) is 22.6. The molecule has 0 spiro atoms. The first-order chi connectivity index (χ1) is 10.7. The van der Waals surface area contributed by atoms with E-state index in [2.05, 4.69) is 0 Å². The minimum absolute atomic E-state index is 0.0864. The number of carbonyl (C=O) groups is 2. The minimum Gasteiger partial charge on any atom is -0.466 e. The van der Waals surface area contributed by atoms with Crippen LogP contribution in [0.2, 0.25) is 0 Å². The van der Waals surface area contributed by atoms with Gasteiger partial charge in [-0.2, -0.15) is 0 Å². The van der Waals surface area contributed by atoms with Gasteiger partial charge in [-0.05, 0) is 26.2 Å². The van der Waals surface area contributed by atoms with E-state index in [9.17, 15) is 9.59 Å². The van der Waals surface area contributed by atoms with Crippen molar-refractivity contribution in [3.05, 3.63) is 0 Å². The molecular weight excluding hydrogens is 284 g/mol. The topological polar surface area (TPSA) is 61.8 Å². The van der Waals surface area contributed by atoms with E-state index in [1.165, 1.54) is 0 Å². The van der Waals surface area contributed by atoms with Crippen molar-refractivity contribution >= 4 is 11.9 Å². The van der Waals surface area contributed by atoms with E-state index < -0.39 is 0 Å². The molecule has 0 amide bonds. The Bertz CT molecular complexity index is 278. The van der Waals surface area contributed by atoms with Crippen LogP contribution in [0.4, 0.5) is 0 Å². The molecule has 0 radical (unpaired) electrons. The highest BCUT2D eigenvalue weighted by molar-refractivity contribution is 5.69. The summed E-state index contributed by atoms with van der Waals surface area (Å²) >= 11 is 0. The largest absolute Gasteiger partial charge is 0.466 e. The fourth-order valence-electron chi connectivity index (χ4n) is 1.96. The predicted molar refractivity (Wildman–Crippen MR) is 85.6 cm³/mol. The summed E-state index contributed by atoms with van der Waals surface area (Å²) in [6.07, 6.45) is 7.90. The van der Waals surface area contributed by atoms with Crippen molar-refractivity contribution in [2.75, 3.05) is 26.4 Å². The van der Waals surface area contributed by atoms with E-state index >= 15 is 0 Å². The van der Waals surface area contributed by atoms with Gasteiger partial charge in [-0.15, -0.1) is 0 Å². The van der Waals surface area contributed by atoms with Gasteiger partial charge in [0.2, 0.25) is 0 Å². The van der Waals surface area contributed by atoms with Gasteiger partial charge in [0.05, 0.1) is 13.2 Å². The van der Waals surface area contributed by atoms with Crippen LogP contribution in [0.15, 0.2) is 0 Å². The lowest BCUT2D eigenvalue weighted by Gasteiger charge is -2.05. The summed E-state index contributed by atoms with van der Waals surface area (Å²) in [5.41, 5.74) is 0. The molecule has 0 N–H and O–H groups in total. The quantitative estimate of drug-likeness (QED) is 0.341. The Hall–Kier alpha value is -1.10. The fourth-order valence-corrected chi connectivity index (χ4v) is 1.96. The molecule has 0 fully saturated rings. The predicted octanol–water partition coefficient (Wildman–Crippen LogP) is 3.64. The van der Waals surface area contributed by atoms with Crippen molar-refractivity contribution in [3.63, 3.8) is 0 Å². The lowest BCUT2D eigenvalue weighted by Crippen LogP contribution is -2.10. The number of ether oxygens (including phenoxy) is 3. The van der Waals surface area contributed by atoms with E-state index in [0.717, 1.165) is 44.9 Å². The second-order valence-electron chi connectivity index (χ2n) is 5.26. The number of unbranched alkanes of at least 4 members (excludes halogenated alkanes) is 5. The molecule has 0 unspecified atom stereocenters. The zero-order valence-electron chi connectivity index (χ0n) is 14.2. The first kappa shape index (κ1) is 20.9. The molecule has 5 nitrogen and oxygen atoms in total. The number of esters is 2. The van der Waals surface area contributed by atoms with Crippen LogP contribution < -0.4 is 0 Å². The number of hydrogen-bond acceptors (Lipinski definition) is 5. The van der Waals surface area contributed by atoms with Crippen LogP contribution in [0.25, 0.3) is 0 Å². The molecule has 0 aromatic carbocycles. The Morgan fingerprint density at radius 1 is 0.682 bits per heavy atom. The highest BCUT2D eigenvalue weighted by Crippen LogP contribution is 2.09. The minimum atomic E-state index is -0.140. The molecule has 130 valence electrons. The molecule has 0 aliphatic heterocycles. The van der Waals surface area contributed by atoms with Gasteiger partial charge in [-0.25, -0.2) is 0 Å². The van der Waals surface area contributed by atoms with Gasteiger partial charge in [0.15, 0.2) is 0 Å². The van der Waals surface area contributed by atoms with Crippen LogP contribution in [0.3, 0.4) is 0 Å². The van der Waals surface area contributed by atoms with E-state index in [-0.39, 0.29) is 11.9 Å². The molecule has 0 aromatic rings. The van der Waals surface area contributed by atoms with Crippen LogP contribution in [0, 0.1) is 0 Å². The second-order valence-corrected chi connectivity index (χ2v) is 5.26. The summed E-state index contributed by atoms with van der Waals surface area (Å²) in [7, 11) is 0. The monoisotopic (exact) mass is 316 g/mol. The number of carbonyl (C=O) groups excluding carboxylic acids is 2. The Morgan fingerprint density at radius 2 is 1.18 bits per heavy atom. The molecule has 0 saturated heterocycles. The highest BCUT2D eigenvalue weighted by atomic mass is 16.6. The average Bonchev–Trinajstić information content (AvgIpc) is 2.52. The van der Waals surface area contributed by atoms with Crippen molar-refractivity contribution in [2.24, 2.45) is 0 Å². The first-order valence-electron chi connectivity index (χ1n) is 8.59. The van der Waals surface area contributed by atoms with Gasteiger partial charge in [0.1, 0.15) is 6.61 Å². The summed E-state index contributed by atoms with van der Waals surface area (Å²) in [6.45, 7) is 5.90. The van der Waals surface area contributed by atoms with Gasteiger partial charge in [0.25, 0.3) is 0 Å².